The lowest BCUT2D eigenvalue weighted by molar-refractivity contribution is 0.0953. The van der Waals surface area contributed by atoms with E-state index in [1.54, 1.807) is 55.6 Å². The van der Waals surface area contributed by atoms with Crippen molar-refractivity contribution in [2.24, 2.45) is 5.10 Å². The van der Waals surface area contributed by atoms with Crippen molar-refractivity contribution < 1.29 is 23.5 Å². The third-order valence-corrected chi connectivity index (χ3v) is 5.60. The van der Waals surface area contributed by atoms with Crippen molar-refractivity contribution in [3.63, 3.8) is 0 Å². The number of anilines is 1. The number of hydrogen-bond acceptors (Lipinski definition) is 6. The molecule has 1 aromatic heterocycles. The zero-order valence-corrected chi connectivity index (χ0v) is 19.4. The molecule has 4 rings (SSSR count). The highest BCUT2D eigenvalue weighted by Crippen LogP contribution is 2.30. The summed E-state index contributed by atoms with van der Waals surface area (Å²) >= 11 is 0. The summed E-state index contributed by atoms with van der Waals surface area (Å²) in [5.74, 6) is 1.70. The Kier molecular flexibility index (Phi) is 6.96. The van der Waals surface area contributed by atoms with Crippen LogP contribution in [-0.4, -0.2) is 31.2 Å². The van der Waals surface area contributed by atoms with E-state index >= 15 is 0 Å². The SMILES string of the molecule is CCOc1ccc(NC(=O)c2oc3c(c2C)/C(=N/NC(=O)c2ccc(OC)cc2)CCC3)cc1. The summed E-state index contributed by atoms with van der Waals surface area (Å²) in [6.07, 6.45) is 2.20. The van der Waals surface area contributed by atoms with Crippen molar-refractivity contribution in [2.75, 3.05) is 19.0 Å². The normalized spacial score (nSPS) is 13.8. The monoisotopic (exact) mass is 461 g/mol. The minimum Gasteiger partial charge on any atom is -0.497 e. The van der Waals surface area contributed by atoms with Gasteiger partial charge in [-0.1, -0.05) is 0 Å². The zero-order valence-electron chi connectivity index (χ0n) is 19.4. The fourth-order valence-corrected chi connectivity index (χ4v) is 3.91. The molecule has 0 bridgehead atoms. The maximum atomic E-state index is 12.9. The molecular weight excluding hydrogens is 434 g/mol. The van der Waals surface area contributed by atoms with Crippen LogP contribution in [0.5, 0.6) is 11.5 Å². The van der Waals surface area contributed by atoms with Crippen LogP contribution in [0.3, 0.4) is 0 Å². The summed E-state index contributed by atoms with van der Waals surface area (Å²) in [4.78, 5) is 25.4. The number of rotatable bonds is 7. The molecule has 176 valence electrons. The quantitative estimate of drug-likeness (QED) is 0.496. The van der Waals surface area contributed by atoms with E-state index in [0.717, 1.165) is 17.7 Å². The van der Waals surface area contributed by atoms with Gasteiger partial charge in [-0.2, -0.15) is 5.10 Å². The van der Waals surface area contributed by atoms with Gasteiger partial charge in [0.15, 0.2) is 5.76 Å². The van der Waals surface area contributed by atoms with Crippen LogP contribution in [0, 0.1) is 6.92 Å². The van der Waals surface area contributed by atoms with E-state index in [-0.39, 0.29) is 17.6 Å². The fourth-order valence-electron chi connectivity index (χ4n) is 3.91. The molecule has 0 radical (unpaired) electrons. The average Bonchev–Trinajstić information content (AvgIpc) is 3.21. The van der Waals surface area contributed by atoms with Crippen molar-refractivity contribution in [3.05, 3.63) is 76.7 Å². The number of ether oxygens (including phenoxy) is 2. The van der Waals surface area contributed by atoms with Gasteiger partial charge in [0.1, 0.15) is 17.3 Å². The fraction of sp³-hybridized carbons (Fsp3) is 0.269. The van der Waals surface area contributed by atoms with Crippen LogP contribution >= 0.6 is 0 Å². The number of carbonyl (C=O) groups is 2. The van der Waals surface area contributed by atoms with E-state index in [1.807, 2.05) is 13.8 Å². The number of amides is 2. The van der Waals surface area contributed by atoms with Gasteiger partial charge in [-0.15, -0.1) is 0 Å². The topological polar surface area (TPSA) is 102 Å². The van der Waals surface area contributed by atoms with Gasteiger partial charge in [0.05, 0.1) is 19.4 Å². The Balaban J connectivity index is 1.50. The average molecular weight is 462 g/mol. The van der Waals surface area contributed by atoms with Crippen molar-refractivity contribution in [1.29, 1.82) is 0 Å². The second kappa shape index (κ2) is 10.2. The standard InChI is InChI=1S/C26H27N3O5/c1-4-33-20-14-10-18(11-15-20)27-26(31)24-16(2)23-21(6-5-7-22(23)34-24)28-29-25(30)17-8-12-19(32-3)13-9-17/h8-15H,4-7H2,1-3H3,(H,27,31)(H,29,30)/b28-21+. The number of nitrogens with one attached hydrogen (secondary N) is 2. The van der Waals surface area contributed by atoms with Gasteiger partial charge in [-0.05, 0) is 75.2 Å². The lowest BCUT2D eigenvalue weighted by Gasteiger charge is -2.13. The van der Waals surface area contributed by atoms with Crippen LogP contribution in [0.15, 0.2) is 58.0 Å². The molecule has 0 saturated carbocycles. The number of aryl methyl sites for hydroxylation is 1. The predicted molar refractivity (Wildman–Crippen MR) is 129 cm³/mol. The first-order chi connectivity index (χ1) is 16.5. The van der Waals surface area contributed by atoms with Crippen molar-refractivity contribution >= 4 is 23.2 Å². The maximum Gasteiger partial charge on any atom is 0.291 e. The third-order valence-electron chi connectivity index (χ3n) is 5.60. The van der Waals surface area contributed by atoms with E-state index in [0.29, 0.717) is 53.5 Å². The van der Waals surface area contributed by atoms with Gasteiger partial charge in [0.2, 0.25) is 0 Å². The van der Waals surface area contributed by atoms with Crippen LogP contribution in [0.1, 0.15) is 57.6 Å². The van der Waals surface area contributed by atoms with Crippen LogP contribution in [0.4, 0.5) is 5.69 Å². The molecule has 0 unspecified atom stereocenters. The molecule has 0 atom stereocenters. The molecule has 2 N–H and O–H groups in total. The third kappa shape index (κ3) is 4.96. The Hall–Kier alpha value is -4.07. The molecule has 34 heavy (non-hydrogen) atoms. The number of carbonyl (C=O) groups excluding carboxylic acids is 2. The molecule has 8 nitrogen and oxygen atoms in total. The number of hydrogen-bond donors (Lipinski definition) is 2. The van der Waals surface area contributed by atoms with Gasteiger partial charge in [-0.3, -0.25) is 9.59 Å². The first kappa shape index (κ1) is 23.1. The summed E-state index contributed by atoms with van der Waals surface area (Å²) < 4.78 is 16.5. The molecule has 2 amide bonds. The number of hydrazone groups is 1. The van der Waals surface area contributed by atoms with E-state index < -0.39 is 0 Å². The Labute approximate surface area is 197 Å². The summed E-state index contributed by atoms with van der Waals surface area (Å²) in [6.45, 7) is 4.33. The molecule has 1 aliphatic rings. The molecule has 0 aliphatic heterocycles. The molecule has 1 aliphatic carbocycles. The molecule has 8 heteroatoms. The van der Waals surface area contributed by atoms with E-state index in [2.05, 4.69) is 15.8 Å². The lowest BCUT2D eigenvalue weighted by atomic mass is 9.93. The Morgan fingerprint density at radius 1 is 1.00 bits per heavy atom. The molecule has 2 aromatic carbocycles. The van der Waals surface area contributed by atoms with Gasteiger partial charge in [-0.25, -0.2) is 5.43 Å². The summed E-state index contributed by atoms with van der Waals surface area (Å²) in [5.41, 5.74) is 5.93. The second-order valence-corrected chi connectivity index (χ2v) is 7.85. The van der Waals surface area contributed by atoms with Gasteiger partial charge >= 0.3 is 0 Å². The molecule has 0 saturated heterocycles. The highest BCUT2D eigenvalue weighted by molar-refractivity contribution is 6.09. The molecule has 0 spiro atoms. The largest absolute Gasteiger partial charge is 0.497 e. The number of furan rings is 1. The van der Waals surface area contributed by atoms with Crippen molar-refractivity contribution in [3.8, 4) is 11.5 Å². The number of benzene rings is 2. The van der Waals surface area contributed by atoms with E-state index in [4.69, 9.17) is 13.9 Å². The van der Waals surface area contributed by atoms with Crippen LogP contribution in [0.25, 0.3) is 0 Å². The van der Waals surface area contributed by atoms with Crippen LogP contribution < -0.4 is 20.2 Å². The first-order valence-electron chi connectivity index (χ1n) is 11.2. The highest BCUT2D eigenvalue weighted by atomic mass is 16.5. The summed E-state index contributed by atoms with van der Waals surface area (Å²) in [6, 6.07) is 13.9. The minimum atomic E-state index is -0.335. The van der Waals surface area contributed by atoms with Crippen molar-refractivity contribution in [1.82, 2.24) is 5.43 Å². The summed E-state index contributed by atoms with van der Waals surface area (Å²) in [7, 11) is 1.57. The van der Waals surface area contributed by atoms with E-state index in [9.17, 15) is 9.59 Å². The lowest BCUT2D eigenvalue weighted by Crippen LogP contribution is -2.22. The smallest absolute Gasteiger partial charge is 0.291 e. The van der Waals surface area contributed by atoms with Gasteiger partial charge < -0.3 is 19.2 Å². The number of fused-ring (bicyclic) bond motifs is 1. The first-order valence-corrected chi connectivity index (χ1v) is 11.2. The number of methoxy groups -OCH3 is 1. The van der Waals surface area contributed by atoms with E-state index in [1.165, 1.54) is 0 Å². The molecule has 0 fully saturated rings. The van der Waals surface area contributed by atoms with Crippen LogP contribution in [0.2, 0.25) is 0 Å². The second-order valence-electron chi connectivity index (χ2n) is 7.85. The maximum absolute atomic E-state index is 12.9. The molecule has 3 aromatic rings. The zero-order chi connectivity index (χ0) is 24.1. The van der Waals surface area contributed by atoms with Gasteiger partial charge in [0.25, 0.3) is 11.8 Å². The van der Waals surface area contributed by atoms with Crippen molar-refractivity contribution in [2.45, 2.75) is 33.1 Å². The Bertz CT molecular complexity index is 1210. The van der Waals surface area contributed by atoms with Gasteiger partial charge in [0, 0.05) is 28.8 Å². The number of nitrogens with zero attached hydrogens (tertiary/aromatic N) is 1. The Morgan fingerprint density at radius 2 is 1.71 bits per heavy atom. The predicted octanol–water partition coefficient (Wildman–Crippen LogP) is 4.72. The minimum absolute atomic E-state index is 0.245. The highest BCUT2D eigenvalue weighted by Gasteiger charge is 2.28. The Morgan fingerprint density at radius 3 is 2.38 bits per heavy atom. The van der Waals surface area contributed by atoms with Crippen LogP contribution in [-0.2, 0) is 6.42 Å². The molecule has 1 heterocycles. The molecular formula is C26H27N3O5. The summed E-state index contributed by atoms with van der Waals surface area (Å²) in [5, 5.41) is 7.23.